The minimum absolute atomic E-state index is 0.232. The van der Waals surface area contributed by atoms with Crippen LogP contribution in [-0.4, -0.2) is 8.42 Å². The first-order valence-corrected chi connectivity index (χ1v) is 6.74. The number of benzene rings is 1. The molecule has 78 valence electrons. The summed E-state index contributed by atoms with van der Waals surface area (Å²) in [5.74, 6) is 0.412. The second kappa shape index (κ2) is 4.32. The van der Waals surface area contributed by atoms with Crippen LogP contribution in [-0.2, 0) is 15.5 Å². The molecule has 0 bridgehead atoms. The Bertz CT molecular complexity index is 410. The smallest absolute Gasteiger partial charge is 0.207 e. The molecule has 0 saturated carbocycles. The summed E-state index contributed by atoms with van der Waals surface area (Å²) in [4.78, 5) is 0.232. The summed E-state index contributed by atoms with van der Waals surface area (Å²) >= 11 is 0. The van der Waals surface area contributed by atoms with E-state index in [1.165, 1.54) is 0 Å². The lowest BCUT2D eigenvalue weighted by atomic mass is 10.0. The van der Waals surface area contributed by atoms with Crippen molar-refractivity contribution in [2.45, 2.75) is 25.2 Å². The van der Waals surface area contributed by atoms with E-state index in [9.17, 15) is 8.42 Å². The summed E-state index contributed by atoms with van der Waals surface area (Å²) in [6.07, 6.45) is 0.724. The third-order valence-electron chi connectivity index (χ3n) is 1.86. The van der Waals surface area contributed by atoms with Crippen LogP contribution in [0.5, 0.6) is 0 Å². The molecule has 0 unspecified atom stereocenters. The Balaban J connectivity index is 3.17. The fourth-order valence-corrected chi connectivity index (χ4v) is 2.51. The summed E-state index contributed by atoms with van der Waals surface area (Å²) < 4.78 is 22.4. The zero-order chi connectivity index (χ0) is 10.8. The third-order valence-corrected chi connectivity index (χ3v) is 3.29. The SMILES string of the molecule is CC(C)Cc1ccccc1S(=O)(=O)Cl. The van der Waals surface area contributed by atoms with Crippen LogP contribution < -0.4 is 0 Å². The van der Waals surface area contributed by atoms with Gasteiger partial charge in [0.05, 0.1) is 4.90 Å². The van der Waals surface area contributed by atoms with Gasteiger partial charge in [-0.15, -0.1) is 0 Å². The summed E-state index contributed by atoms with van der Waals surface area (Å²) in [7, 11) is 1.71. The molecule has 1 aromatic rings. The van der Waals surface area contributed by atoms with Gasteiger partial charge in [0.2, 0.25) is 0 Å². The van der Waals surface area contributed by atoms with E-state index in [1.54, 1.807) is 18.2 Å². The molecule has 0 amide bonds. The van der Waals surface area contributed by atoms with E-state index in [2.05, 4.69) is 0 Å². The van der Waals surface area contributed by atoms with Crippen molar-refractivity contribution in [2.24, 2.45) is 5.92 Å². The molecule has 0 radical (unpaired) electrons. The molecule has 0 aliphatic rings. The second-order valence-electron chi connectivity index (χ2n) is 3.64. The van der Waals surface area contributed by atoms with E-state index in [0.717, 1.165) is 12.0 Å². The molecule has 0 aliphatic carbocycles. The summed E-state index contributed by atoms with van der Waals surface area (Å²) in [6.45, 7) is 4.08. The second-order valence-corrected chi connectivity index (χ2v) is 6.18. The quantitative estimate of drug-likeness (QED) is 0.751. The van der Waals surface area contributed by atoms with Crippen LogP contribution in [0.3, 0.4) is 0 Å². The predicted molar refractivity (Wildman–Crippen MR) is 58.0 cm³/mol. The molecule has 0 aliphatic heterocycles. The highest BCUT2D eigenvalue weighted by Gasteiger charge is 2.14. The zero-order valence-corrected chi connectivity index (χ0v) is 9.77. The van der Waals surface area contributed by atoms with Crippen LogP contribution in [0, 0.1) is 5.92 Å². The molecule has 1 rings (SSSR count). The maximum Gasteiger partial charge on any atom is 0.261 e. The van der Waals surface area contributed by atoms with Gasteiger partial charge in [-0.25, -0.2) is 8.42 Å². The highest BCUT2D eigenvalue weighted by Crippen LogP contribution is 2.21. The lowest BCUT2D eigenvalue weighted by Crippen LogP contribution is -2.01. The lowest BCUT2D eigenvalue weighted by Gasteiger charge is -2.08. The Morgan fingerprint density at radius 1 is 1.29 bits per heavy atom. The fourth-order valence-electron chi connectivity index (χ4n) is 1.35. The molecule has 0 spiro atoms. The minimum atomic E-state index is -3.61. The summed E-state index contributed by atoms with van der Waals surface area (Å²) in [6, 6.07) is 6.84. The number of rotatable bonds is 3. The summed E-state index contributed by atoms with van der Waals surface area (Å²) in [5, 5.41) is 0. The van der Waals surface area contributed by atoms with Gasteiger partial charge < -0.3 is 0 Å². The largest absolute Gasteiger partial charge is 0.261 e. The Hall–Kier alpha value is -0.540. The van der Waals surface area contributed by atoms with Crippen LogP contribution in [0.2, 0.25) is 0 Å². The van der Waals surface area contributed by atoms with Gasteiger partial charge in [-0.2, -0.15) is 0 Å². The Labute approximate surface area is 89.3 Å². The van der Waals surface area contributed by atoms with Gasteiger partial charge in [-0.1, -0.05) is 32.0 Å². The van der Waals surface area contributed by atoms with Crippen LogP contribution in [0.1, 0.15) is 19.4 Å². The first-order valence-electron chi connectivity index (χ1n) is 4.44. The van der Waals surface area contributed by atoms with Crippen molar-refractivity contribution in [3.8, 4) is 0 Å². The normalized spacial score (nSPS) is 12.0. The highest BCUT2D eigenvalue weighted by atomic mass is 35.7. The molecular weight excluding hydrogens is 220 g/mol. The monoisotopic (exact) mass is 232 g/mol. The van der Waals surface area contributed by atoms with Crippen molar-refractivity contribution >= 4 is 19.7 Å². The molecule has 1 aromatic carbocycles. The third kappa shape index (κ3) is 3.00. The molecule has 0 heterocycles. The van der Waals surface area contributed by atoms with Crippen LogP contribution in [0.25, 0.3) is 0 Å². The van der Waals surface area contributed by atoms with Crippen LogP contribution >= 0.6 is 10.7 Å². The average Bonchev–Trinajstić information content (AvgIpc) is 2.01. The molecule has 0 N–H and O–H groups in total. The molecule has 14 heavy (non-hydrogen) atoms. The topological polar surface area (TPSA) is 34.1 Å². The fraction of sp³-hybridized carbons (Fsp3) is 0.400. The molecule has 0 aromatic heterocycles. The molecule has 4 heteroatoms. The summed E-state index contributed by atoms with van der Waals surface area (Å²) in [5.41, 5.74) is 0.789. The standard InChI is InChI=1S/C10H13ClO2S/c1-8(2)7-9-5-3-4-6-10(9)14(11,12)13/h3-6,8H,7H2,1-2H3. The van der Waals surface area contributed by atoms with Gasteiger partial charge in [0.25, 0.3) is 9.05 Å². The van der Waals surface area contributed by atoms with E-state index < -0.39 is 9.05 Å². The molecular formula is C10H13ClO2S. The van der Waals surface area contributed by atoms with Gasteiger partial charge in [-0.05, 0) is 24.0 Å². The van der Waals surface area contributed by atoms with E-state index in [4.69, 9.17) is 10.7 Å². The Morgan fingerprint density at radius 3 is 2.36 bits per heavy atom. The lowest BCUT2D eigenvalue weighted by molar-refractivity contribution is 0.603. The van der Waals surface area contributed by atoms with Crippen molar-refractivity contribution in [1.29, 1.82) is 0 Å². The molecule has 0 fully saturated rings. The average molecular weight is 233 g/mol. The van der Waals surface area contributed by atoms with Crippen LogP contribution in [0.4, 0.5) is 0 Å². The molecule has 0 saturated heterocycles. The van der Waals surface area contributed by atoms with Gasteiger partial charge >= 0.3 is 0 Å². The maximum absolute atomic E-state index is 11.2. The van der Waals surface area contributed by atoms with E-state index in [0.29, 0.717) is 5.92 Å². The predicted octanol–water partition coefficient (Wildman–Crippen LogP) is 2.81. The first kappa shape index (κ1) is 11.5. The number of hydrogen-bond donors (Lipinski definition) is 0. The number of halogens is 1. The Kier molecular flexibility index (Phi) is 3.56. The highest BCUT2D eigenvalue weighted by molar-refractivity contribution is 8.13. The zero-order valence-electron chi connectivity index (χ0n) is 8.20. The van der Waals surface area contributed by atoms with Crippen molar-refractivity contribution in [1.82, 2.24) is 0 Å². The number of hydrogen-bond acceptors (Lipinski definition) is 2. The molecule has 2 nitrogen and oxygen atoms in total. The Morgan fingerprint density at radius 2 is 1.86 bits per heavy atom. The first-order chi connectivity index (χ1) is 6.41. The van der Waals surface area contributed by atoms with E-state index >= 15 is 0 Å². The van der Waals surface area contributed by atoms with Gasteiger partial charge in [0.15, 0.2) is 0 Å². The van der Waals surface area contributed by atoms with Gasteiger partial charge in [0, 0.05) is 10.7 Å². The van der Waals surface area contributed by atoms with Gasteiger partial charge in [-0.3, -0.25) is 0 Å². The van der Waals surface area contributed by atoms with E-state index in [1.807, 2.05) is 19.9 Å². The van der Waals surface area contributed by atoms with Gasteiger partial charge in [0.1, 0.15) is 0 Å². The van der Waals surface area contributed by atoms with Crippen molar-refractivity contribution in [2.75, 3.05) is 0 Å². The minimum Gasteiger partial charge on any atom is -0.207 e. The molecule has 0 atom stereocenters. The van der Waals surface area contributed by atoms with Crippen LogP contribution in [0.15, 0.2) is 29.2 Å². The van der Waals surface area contributed by atoms with Crippen molar-refractivity contribution in [3.63, 3.8) is 0 Å². The van der Waals surface area contributed by atoms with Crippen molar-refractivity contribution in [3.05, 3.63) is 29.8 Å². The van der Waals surface area contributed by atoms with E-state index in [-0.39, 0.29) is 4.90 Å². The maximum atomic E-state index is 11.2. The van der Waals surface area contributed by atoms with Crippen molar-refractivity contribution < 1.29 is 8.42 Å².